The van der Waals surface area contributed by atoms with Gasteiger partial charge >= 0.3 is 0 Å². The van der Waals surface area contributed by atoms with Crippen molar-refractivity contribution in [2.45, 2.75) is 58.8 Å². The average Bonchev–Trinajstić information content (AvgIpc) is 2.80. The molecule has 0 heterocycles. The minimum Gasteiger partial charge on any atom is -0.352 e. The van der Waals surface area contributed by atoms with Crippen molar-refractivity contribution in [1.82, 2.24) is 5.32 Å². The molecule has 0 amide bonds. The third kappa shape index (κ3) is 1.85. The molecule has 2 saturated carbocycles. The van der Waals surface area contributed by atoms with Crippen LogP contribution in [0.3, 0.4) is 0 Å². The van der Waals surface area contributed by atoms with Crippen LogP contribution >= 0.6 is 0 Å². The van der Waals surface area contributed by atoms with E-state index in [0.29, 0.717) is 5.41 Å². The molecule has 0 saturated heterocycles. The Kier molecular flexibility index (Phi) is 3.46. The molecule has 2 aliphatic rings. The van der Waals surface area contributed by atoms with E-state index in [0.717, 1.165) is 12.3 Å². The maximum absolute atomic E-state index is 6.70. The maximum atomic E-state index is 6.70. The van der Waals surface area contributed by atoms with E-state index in [4.69, 9.17) is 4.74 Å². The normalized spacial score (nSPS) is 38.6. The molecule has 2 fully saturated rings. The van der Waals surface area contributed by atoms with E-state index in [1.54, 1.807) is 0 Å². The smallest absolute Gasteiger partial charge is 0.106 e. The lowest BCUT2D eigenvalue weighted by molar-refractivity contribution is -0.179. The number of benzene rings is 1. The van der Waals surface area contributed by atoms with Crippen molar-refractivity contribution < 1.29 is 4.74 Å². The Hall–Kier alpha value is -0.860. The van der Waals surface area contributed by atoms with Crippen LogP contribution in [0.4, 0.5) is 0 Å². The van der Waals surface area contributed by atoms with Crippen molar-refractivity contribution in [3.63, 3.8) is 0 Å². The lowest BCUT2D eigenvalue weighted by Crippen LogP contribution is -2.50. The Morgan fingerprint density at radius 1 is 1.19 bits per heavy atom. The molecule has 1 N–H and O–H groups in total. The monoisotopic (exact) mass is 287 g/mol. The summed E-state index contributed by atoms with van der Waals surface area (Å²) >= 11 is 0. The molecule has 2 aliphatic carbocycles. The van der Waals surface area contributed by atoms with Crippen molar-refractivity contribution in [3.05, 3.63) is 35.9 Å². The molecule has 2 bridgehead atoms. The topological polar surface area (TPSA) is 21.3 Å². The zero-order valence-corrected chi connectivity index (χ0v) is 14.1. The Morgan fingerprint density at radius 3 is 2.33 bits per heavy atom. The van der Waals surface area contributed by atoms with Gasteiger partial charge in [0.1, 0.15) is 11.8 Å². The SMILES string of the molecule is CN[C@H](C)O[C@@]1(c2ccccc2)C[C@@H]2CCC1(C)C2(C)C. The average molecular weight is 287 g/mol. The van der Waals surface area contributed by atoms with E-state index in [1.807, 2.05) is 7.05 Å². The molecule has 2 nitrogen and oxygen atoms in total. The Labute approximate surface area is 129 Å². The number of ether oxygens (including phenoxy) is 1. The second-order valence-electron chi connectivity index (χ2n) is 7.74. The largest absolute Gasteiger partial charge is 0.352 e. The molecule has 0 aromatic heterocycles. The van der Waals surface area contributed by atoms with Crippen LogP contribution in [0.25, 0.3) is 0 Å². The van der Waals surface area contributed by atoms with Gasteiger partial charge in [-0.2, -0.15) is 0 Å². The maximum Gasteiger partial charge on any atom is 0.106 e. The number of fused-ring (bicyclic) bond motifs is 2. The first-order chi connectivity index (χ1) is 9.87. The Balaban J connectivity index is 2.11. The van der Waals surface area contributed by atoms with Crippen LogP contribution in [0.2, 0.25) is 0 Å². The van der Waals surface area contributed by atoms with Gasteiger partial charge in [0.15, 0.2) is 0 Å². The fraction of sp³-hybridized carbons (Fsp3) is 0.684. The van der Waals surface area contributed by atoms with Crippen molar-refractivity contribution in [2.75, 3.05) is 7.05 Å². The van der Waals surface area contributed by atoms with E-state index >= 15 is 0 Å². The molecule has 116 valence electrons. The molecule has 1 unspecified atom stereocenters. The highest BCUT2D eigenvalue weighted by Gasteiger charge is 2.70. The van der Waals surface area contributed by atoms with Gasteiger partial charge in [-0.1, -0.05) is 51.1 Å². The third-order valence-corrected chi connectivity index (χ3v) is 6.89. The van der Waals surface area contributed by atoms with Crippen LogP contribution in [-0.2, 0) is 10.3 Å². The van der Waals surface area contributed by atoms with E-state index < -0.39 is 0 Å². The third-order valence-electron chi connectivity index (χ3n) is 6.89. The quantitative estimate of drug-likeness (QED) is 0.833. The van der Waals surface area contributed by atoms with E-state index in [2.05, 4.69) is 63.3 Å². The summed E-state index contributed by atoms with van der Waals surface area (Å²) in [6.07, 6.45) is 3.81. The predicted molar refractivity (Wildman–Crippen MR) is 87.0 cm³/mol. The zero-order valence-electron chi connectivity index (χ0n) is 14.1. The van der Waals surface area contributed by atoms with Crippen LogP contribution in [0.1, 0.15) is 52.5 Å². The van der Waals surface area contributed by atoms with Gasteiger partial charge in [0.2, 0.25) is 0 Å². The molecular formula is C19H29NO. The van der Waals surface area contributed by atoms with Gasteiger partial charge in [0, 0.05) is 5.41 Å². The van der Waals surface area contributed by atoms with Crippen molar-refractivity contribution in [2.24, 2.45) is 16.7 Å². The zero-order chi connectivity index (χ0) is 15.3. The highest BCUT2D eigenvalue weighted by atomic mass is 16.5. The van der Waals surface area contributed by atoms with Crippen molar-refractivity contribution in [1.29, 1.82) is 0 Å². The molecule has 0 spiro atoms. The van der Waals surface area contributed by atoms with Crippen LogP contribution in [-0.4, -0.2) is 13.3 Å². The van der Waals surface area contributed by atoms with Crippen LogP contribution < -0.4 is 5.32 Å². The molecule has 3 rings (SSSR count). The second-order valence-corrected chi connectivity index (χ2v) is 7.74. The summed E-state index contributed by atoms with van der Waals surface area (Å²) < 4.78 is 6.70. The van der Waals surface area contributed by atoms with Gasteiger partial charge in [-0.3, -0.25) is 5.32 Å². The van der Waals surface area contributed by atoms with Gasteiger partial charge in [-0.25, -0.2) is 0 Å². The summed E-state index contributed by atoms with van der Waals surface area (Å²) in [6.45, 7) is 9.47. The molecular weight excluding hydrogens is 258 g/mol. The van der Waals surface area contributed by atoms with Crippen molar-refractivity contribution in [3.8, 4) is 0 Å². The second kappa shape index (κ2) is 4.82. The van der Waals surface area contributed by atoms with E-state index in [9.17, 15) is 0 Å². The number of nitrogens with one attached hydrogen (secondary N) is 1. The summed E-state index contributed by atoms with van der Waals surface area (Å²) in [6, 6.07) is 10.9. The van der Waals surface area contributed by atoms with Gasteiger partial charge in [0.05, 0.1) is 0 Å². The number of rotatable bonds is 4. The van der Waals surface area contributed by atoms with Gasteiger partial charge in [-0.05, 0) is 50.1 Å². The van der Waals surface area contributed by atoms with E-state index in [-0.39, 0.29) is 17.2 Å². The molecule has 1 aromatic carbocycles. The first-order valence-electron chi connectivity index (χ1n) is 8.28. The minimum absolute atomic E-state index is 0.0668. The lowest BCUT2D eigenvalue weighted by atomic mass is 9.62. The highest BCUT2D eigenvalue weighted by molar-refractivity contribution is 5.32. The Morgan fingerprint density at radius 2 is 1.86 bits per heavy atom. The van der Waals surface area contributed by atoms with Gasteiger partial charge < -0.3 is 4.74 Å². The lowest BCUT2D eigenvalue weighted by Gasteiger charge is -2.50. The first-order valence-corrected chi connectivity index (χ1v) is 8.28. The molecule has 4 atom stereocenters. The molecule has 21 heavy (non-hydrogen) atoms. The summed E-state index contributed by atoms with van der Waals surface area (Å²) in [7, 11) is 1.98. The van der Waals surface area contributed by atoms with Crippen LogP contribution in [0.15, 0.2) is 30.3 Å². The highest BCUT2D eigenvalue weighted by Crippen LogP contribution is 2.73. The molecule has 0 aliphatic heterocycles. The minimum atomic E-state index is -0.164. The first kappa shape index (κ1) is 15.1. The molecule has 0 radical (unpaired) electrons. The standard InChI is InChI=1S/C19H29NO/c1-14(20-5)21-19(15-9-7-6-8-10-15)13-16-11-12-18(19,4)17(16,2)3/h6-10,14,16,20H,11-13H2,1-5H3/t14-,16-,18?,19+/m0/s1. The van der Waals surface area contributed by atoms with E-state index in [1.165, 1.54) is 18.4 Å². The summed E-state index contributed by atoms with van der Waals surface area (Å²) in [5.41, 5.74) is 1.71. The number of hydrogen-bond acceptors (Lipinski definition) is 2. The number of hydrogen-bond donors (Lipinski definition) is 1. The van der Waals surface area contributed by atoms with Crippen LogP contribution in [0, 0.1) is 16.7 Å². The van der Waals surface area contributed by atoms with Crippen molar-refractivity contribution >= 4 is 0 Å². The fourth-order valence-electron chi connectivity index (χ4n) is 5.00. The summed E-state index contributed by atoms with van der Waals surface area (Å²) in [4.78, 5) is 0. The van der Waals surface area contributed by atoms with Gasteiger partial charge in [0.25, 0.3) is 0 Å². The summed E-state index contributed by atoms with van der Waals surface area (Å²) in [5, 5.41) is 3.27. The Bertz CT molecular complexity index is 512. The molecule has 1 aromatic rings. The fourth-order valence-corrected chi connectivity index (χ4v) is 5.00. The predicted octanol–water partition coefficient (Wildman–Crippen LogP) is 4.31. The summed E-state index contributed by atoms with van der Waals surface area (Å²) in [5.74, 6) is 0.756. The molecule has 2 heteroatoms. The van der Waals surface area contributed by atoms with Gasteiger partial charge in [-0.15, -0.1) is 0 Å². The van der Waals surface area contributed by atoms with Crippen LogP contribution in [0.5, 0.6) is 0 Å².